The van der Waals surface area contributed by atoms with Gasteiger partial charge in [-0.2, -0.15) is 0 Å². The first-order chi connectivity index (χ1) is 16.5. The van der Waals surface area contributed by atoms with Gasteiger partial charge in [0.1, 0.15) is 11.5 Å². The van der Waals surface area contributed by atoms with Gasteiger partial charge >= 0.3 is 0 Å². The molecule has 1 N–H and O–H groups in total. The van der Waals surface area contributed by atoms with E-state index in [2.05, 4.69) is 60.2 Å². The Morgan fingerprint density at radius 1 is 1.06 bits per heavy atom. The lowest BCUT2D eigenvalue weighted by atomic mass is 9.86. The Balaban J connectivity index is 1.44. The molecular weight excluding hydrogens is 446 g/mol. The van der Waals surface area contributed by atoms with Gasteiger partial charge in [0.2, 0.25) is 0 Å². The van der Waals surface area contributed by atoms with Gasteiger partial charge in [-0.05, 0) is 87.5 Å². The Bertz CT molecular complexity index is 967. The van der Waals surface area contributed by atoms with Crippen molar-refractivity contribution >= 4 is 17.3 Å². The average Bonchev–Trinajstić information content (AvgIpc) is 2.86. The largest absolute Gasteiger partial charge is 0.495 e. The van der Waals surface area contributed by atoms with E-state index in [4.69, 9.17) is 21.1 Å². The molecule has 2 atom stereocenters. The summed E-state index contributed by atoms with van der Waals surface area (Å²) >= 11 is 6.26. The molecule has 4 rings (SSSR count). The third-order valence-electron chi connectivity index (χ3n) is 7.59. The van der Waals surface area contributed by atoms with E-state index in [0.717, 1.165) is 57.3 Å². The summed E-state index contributed by atoms with van der Waals surface area (Å²) in [5, 5.41) is 4.02. The first-order valence-corrected chi connectivity index (χ1v) is 13.2. The normalized spacial score (nSPS) is 20.8. The Hall–Kier alpha value is -1.95. The summed E-state index contributed by atoms with van der Waals surface area (Å²) < 4.78 is 11.6. The number of nitrogens with zero attached hydrogens (tertiary/aromatic N) is 2. The van der Waals surface area contributed by atoms with Crippen LogP contribution in [0.5, 0.6) is 11.5 Å². The minimum atomic E-state index is 0.488. The van der Waals surface area contributed by atoms with Crippen LogP contribution in [0.3, 0.4) is 0 Å². The highest BCUT2D eigenvalue weighted by molar-refractivity contribution is 6.32. The summed E-state index contributed by atoms with van der Waals surface area (Å²) in [4.78, 5) is 5.25. The zero-order valence-corrected chi connectivity index (χ0v) is 22.0. The molecule has 2 fully saturated rings. The van der Waals surface area contributed by atoms with Crippen molar-refractivity contribution in [1.29, 1.82) is 0 Å². The lowest BCUT2D eigenvalue weighted by Crippen LogP contribution is -2.56. The molecule has 186 valence electrons. The van der Waals surface area contributed by atoms with Gasteiger partial charge in [-0.25, -0.2) is 0 Å². The number of piperidine rings is 1. The van der Waals surface area contributed by atoms with Crippen molar-refractivity contribution < 1.29 is 9.47 Å². The first kappa shape index (κ1) is 25.2. The molecule has 2 aromatic carbocycles. The van der Waals surface area contributed by atoms with Crippen LogP contribution in [-0.2, 0) is 0 Å². The second-order valence-electron chi connectivity index (χ2n) is 9.56. The van der Waals surface area contributed by atoms with Crippen molar-refractivity contribution in [2.45, 2.75) is 58.5 Å². The van der Waals surface area contributed by atoms with Gasteiger partial charge in [0.15, 0.2) is 0 Å². The van der Waals surface area contributed by atoms with Crippen molar-refractivity contribution in [2.75, 3.05) is 51.3 Å². The van der Waals surface area contributed by atoms with Crippen LogP contribution in [-0.4, -0.2) is 57.4 Å². The standard InChI is InChI=1S/C28H40ClN3O2/c1-5-30-14-7-17-34-27-13-11-24(20(2)21(27)3)26-9-6-8-23-19-31(15-16-32(23)26)22-10-12-25(29)28(18-22)33-4/h10-13,18,23,26,30H,5-9,14-17,19H2,1-4H3/t23-,26+/m0/s1. The van der Waals surface area contributed by atoms with Gasteiger partial charge in [-0.3, -0.25) is 4.90 Å². The second-order valence-corrected chi connectivity index (χ2v) is 9.97. The highest BCUT2D eigenvalue weighted by Gasteiger charge is 2.36. The zero-order chi connectivity index (χ0) is 24.1. The van der Waals surface area contributed by atoms with Crippen LogP contribution in [0.4, 0.5) is 5.69 Å². The van der Waals surface area contributed by atoms with Crippen molar-refractivity contribution in [3.8, 4) is 11.5 Å². The predicted molar refractivity (Wildman–Crippen MR) is 142 cm³/mol. The number of hydrogen-bond donors (Lipinski definition) is 1. The van der Waals surface area contributed by atoms with Crippen molar-refractivity contribution in [2.24, 2.45) is 0 Å². The third kappa shape index (κ3) is 5.48. The number of benzene rings is 2. The van der Waals surface area contributed by atoms with Crippen molar-refractivity contribution in [3.63, 3.8) is 0 Å². The summed E-state index contributed by atoms with van der Waals surface area (Å²) in [5.74, 6) is 1.78. The molecule has 2 saturated heterocycles. The van der Waals surface area contributed by atoms with Crippen LogP contribution >= 0.6 is 11.6 Å². The quantitative estimate of drug-likeness (QED) is 0.457. The number of rotatable bonds is 9. The van der Waals surface area contributed by atoms with Crippen LogP contribution in [0, 0.1) is 13.8 Å². The molecular formula is C28H40ClN3O2. The molecule has 5 nitrogen and oxygen atoms in total. The third-order valence-corrected chi connectivity index (χ3v) is 7.90. The predicted octanol–water partition coefficient (Wildman–Crippen LogP) is 5.76. The van der Waals surface area contributed by atoms with Crippen LogP contribution < -0.4 is 19.7 Å². The maximum absolute atomic E-state index is 6.26. The molecule has 0 unspecified atom stereocenters. The maximum atomic E-state index is 6.26. The Morgan fingerprint density at radius 3 is 2.71 bits per heavy atom. The fraction of sp³-hybridized carbons (Fsp3) is 0.571. The Labute approximate surface area is 210 Å². The summed E-state index contributed by atoms with van der Waals surface area (Å²) in [6.07, 6.45) is 4.78. The smallest absolute Gasteiger partial charge is 0.139 e. The van der Waals surface area contributed by atoms with Crippen LogP contribution in [0.1, 0.15) is 55.3 Å². The number of nitrogens with one attached hydrogen (secondary N) is 1. The maximum Gasteiger partial charge on any atom is 0.139 e. The van der Waals surface area contributed by atoms with Gasteiger partial charge in [0, 0.05) is 43.5 Å². The SMILES string of the molecule is CCNCCCOc1ccc([C@H]2CCC[C@H]3CN(c4ccc(Cl)c(OC)c4)CCN32)c(C)c1C. The fourth-order valence-corrected chi connectivity index (χ4v) is 5.75. The molecule has 0 saturated carbocycles. The molecule has 0 aliphatic carbocycles. The van der Waals surface area contributed by atoms with Crippen LogP contribution in [0.15, 0.2) is 30.3 Å². The van der Waals surface area contributed by atoms with E-state index in [-0.39, 0.29) is 0 Å². The lowest BCUT2D eigenvalue weighted by molar-refractivity contribution is 0.0712. The van der Waals surface area contributed by atoms with Crippen molar-refractivity contribution in [3.05, 3.63) is 52.0 Å². The molecule has 34 heavy (non-hydrogen) atoms. The van der Waals surface area contributed by atoms with E-state index in [1.165, 1.54) is 41.6 Å². The molecule has 6 heteroatoms. The van der Waals surface area contributed by atoms with E-state index in [1.54, 1.807) is 7.11 Å². The van der Waals surface area contributed by atoms with Crippen LogP contribution in [0.25, 0.3) is 0 Å². The molecule has 0 aromatic heterocycles. The van der Waals surface area contributed by atoms with Gasteiger partial charge < -0.3 is 19.7 Å². The molecule has 2 aromatic rings. The summed E-state index contributed by atoms with van der Waals surface area (Å²) in [6.45, 7) is 12.5. The molecule has 2 aliphatic rings. The minimum Gasteiger partial charge on any atom is -0.495 e. The highest BCUT2D eigenvalue weighted by atomic mass is 35.5. The highest BCUT2D eigenvalue weighted by Crippen LogP contribution is 2.40. The van der Waals surface area contributed by atoms with E-state index in [9.17, 15) is 0 Å². The molecule has 0 spiro atoms. The topological polar surface area (TPSA) is 37.0 Å². The van der Waals surface area contributed by atoms with Gasteiger partial charge in [-0.1, -0.05) is 24.6 Å². The molecule has 0 amide bonds. The van der Waals surface area contributed by atoms with E-state index < -0.39 is 0 Å². The number of hydrogen-bond acceptors (Lipinski definition) is 5. The number of piperazine rings is 1. The lowest BCUT2D eigenvalue weighted by Gasteiger charge is -2.49. The van der Waals surface area contributed by atoms with Crippen molar-refractivity contribution in [1.82, 2.24) is 10.2 Å². The number of ether oxygens (including phenoxy) is 2. The number of anilines is 1. The second kappa shape index (κ2) is 11.7. The zero-order valence-electron chi connectivity index (χ0n) is 21.2. The van der Waals surface area contributed by atoms with Gasteiger partial charge in [-0.15, -0.1) is 0 Å². The number of halogens is 1. The Morgan fingerprint density at radius 2 is 1.91 bits per heavy atom. The van der Waals surface area contributed by atoms with Crippen LogP contribution in [0.2, 0.25) is 5.02 Å². The Kier molecular flexibility index (Phi) is 8.62. The van der Waals surface area contributed by atoms with E-state index in [1.807, 2.05) is 6.07 Å². The molecule has 2 heterocycles. The average molecular weight is 486 g/mol. The fourth-order valence-electron chi connectivity index (χ4n) is 5.55. The number of fused-ring (bicyclic) bond motifs is 1. The van der Waals surface area contributed by atoms with Gasteiger partial charge in [0.05, 0.1) is 18.7 Å². The monoisotopic (exact) mass is 485 g/mol. The number of methoxy groups -OCH3 is 1. The summed E-state index contributed by atoms with van der Waals surface area (Å²) in [7, 11) is 1.68. The van der Waals surface area contributed by atoms with E-state index in [0.29, 0.717) is 17.1 Å². The molecule has 0 radical (unpaired) electrons. The molecule has 2 aliphatic heterocycles. The minimum absolute atomic E-state index is 0.488. The van der Waals surface area contributed by atoms with E-state index >= 15 is 0 Å². The van der Waals surface area contributed by atoms with Gasteiger partial charge in [0.25, 0.3) is 0 Å². The molecule has 0 bridgehead atoms. The first-order valence-electron chi connectivity index (χ1n) is 12.8. The summed E-state index contributed by atoms with van der Waals surface area (Å²) in [5.41, 5.74) is 5.35. The summed E-state index contributed by atoms with van der Waals surface area (Å²) in [6, 6.07) is 11.7.